The van der Waals surface area contributed by atoms with Crippen molar-refractivity contribution in [2.24, 2.45) is 17.8 Å². The van der Waals surface area contributed by atoms with Gasteiger partial charge in [-0.15, -0.1) is 16.8 Å². The van der Waals surface area contributed by atoms with Crippen LogP contribution in [-0.2, 0) is 12.0 Å². The summed E-state index contributed by atoms with van der Waals surface area (Å²) in [5.74, 6) is 6.16. The fraction of sp³-hybridized carbons (Fsp3) is 0.778. The third-order valence-corrected chi connectivity index (χ3v) is 6.55. The third kappa shape index (κ3) is 1.79. The fourth-order valence-corrected chi connectivity index (χ4v) is 6.04. The van der Waals surface area contributed by atoms with Crippen LogP contribution in [-0.4, -0.2) is 14.8 Å². The summed E-state index contributed by atoms with van der Waals surface area (Å²) < 4.78 is 2.44. The summed E-state index contributed by atoms with van der Waals surface area (Å²) >= 11 is 0. The van der Waals surface area contributed by atoms with Crippen molar-refractivity contribution >= 4 is 0 Å². The Balaban J connectivity index is 1.59. The topological polar surface area (TPSA) is 30.7 Å². The maximum atomic E-state index is 4.75. The molecule has 21 heavy (non-hydrogen) atoms. The van der Waals surface area contributed by atoms with Crippen LogP contribution in [0, 0.1) is 17.8 Å². The van der Waals surface area contributed by atoms with E-state index >= 15 is 0 Å². The lowest BCUT2D eigenvalue weighted by molar-refractivity contribution is -0.0110. The number of hydrogen-bond acceptors (Lipinski definition) is 2. The highest BCUT2D eigenvalue weighted by Crippen LogP contribution is 2.60. The minimum atomic E-state index is 0.359. The maximum Gasteiger partial charge on any atom is 0.139 e. The molecule has 0 atom stereocenters. The molecule has 4 bridgehead atoms. The molecule has 5 saturated carbocycles. The quantitative estimate of drug-likeness (QED) is 0.787. The monoisotopic (exact) mass is 283 g/mol. The predicted molar refractivity (Wildman–Crippen MR) is 82.0 cm³/mol. The van der Waals surface area contributed by atoms with Gasteiger partial charge in [0, 0.05) is 17.9 Å². The van der Waals surface area contributed by atoms with E-state index in [0.29, 0.717) is 11.3 Å². The lowest BCUT2D eigenvalue weighted by Gasteiger charge is -2.56. The van der Waals surface area contributed by atoms with Crippen molar-refractivity contribution in [3.05, 3.63) is 24.3 Å². The summed E-state index contributed by atoms with van der Waals surface area (Å²) in [4.78, 5) is 0. The Bertz CT molecular complexity index is 546. The molecule has 3 heteroatoms. The normalized spacial score (nSPS) is 40.7. The largest absolute Gasteiger partial charge is 0.310 e. The zero-order valence-electron chi connectivity index (χ0n) is 12.8. The molecular weight excluding hydrogens is 258 g/mol. The van der Waals surface area contributed by atoms with Crippen LogP contribution in [0.2, 0.25) is 0 Å². The van der Waals surface area contributed by atoms with Crippen molar-refractivity contribution in [1.82, 2.24) is 14.8 Å². The SMILES string of the molecule is C=CCn1c(C2CC2)nnc1C12CC3CC(CC(C3)C1)C2. The van der Waals surface area contributed by atoms with Crippen molar-refractivity contribution in [3.8, 4) is 0 Å². The van der Waals surface area contributed by atoms with E-state index in [1.54, 1.807) is 0 Å². The highest BCUT2D eigenvalue weighted by molar-refractivity contribution is 5.21. The second-order valence-corrected chi connectivity index (χ2v) is 8.25. The maximum absolute atomic E-state index is 4.75. The average molecular weight is 283 g/mol. The van der Waals surface area contributed by atoms with E-state index in [4.69, 9.17) is 5.10 Å². The van der Waals surface area contributed by atoms with E-state index in [1.165, 1.54) is 63.0 Å². The first-order valence-corrected chi connectivity index (χ1v) is 8.82. The standard InChI is InChI=1S/C18H25N3/c1-2-5-21-16(15-3-4-15)19-20-17(21)18-9-12-6-13(10-18)8-14(7-12)11-18/h2,12-15H,1,3-11H2. The lowest BCUT2D eigenvalue weighted by Crippen LogP contribution is -2.49. The first-order valence-electron chi connectivity index (χ1n) is 8.82. The second kappa shape index (κ2) is 4.21. The summed E-state index contributed by atoms with van der Waals surface area (Å²) in [6.07, 6.45) is 13.2. The van der Waals surface area contributed by atoms with Gasteiger partial charge in [0.05, 0.1) is 0 Å². The van der Waals surface area contributed by atoms with Crippen molar-refractivity contribution in [2.45, 2.75) is 69.2 Å². The van der Waals surface area contributed by atoms with Gasteiger partial charge in [0.15, 0.2) is 0 Å². The minimum absolute atomic E-state index is 0.359. The van der Waals surface area contributed by atoms with Crippen LogP contribution in [0.1, 0.15) is 68.9 Å². The number of rotatable bonds is 4. The van der Waals surface area contributed by atoms with Gasteiger partial charge in [-0.25, -0.2) is 0 Å². The smallest absolute Gasteiger partial charge is 0.139 e. The molecule has 0 N–H and O–H groups in total. The van der Waals surface area contributed by atoms with Crippen LogP contribution in [0.4, 0.5) is 0 Å². The van der Waals surface area contributed by atoms with Crippen LogP contribution in [0.5, 0.6) is 0 Å². The molecule has 1 aromatic rings. The van der Waals surface area contributed by atoms with Crippen molar-refractivity contribution < 1.29 is 0 Å². The molecule has 0 saturated heterocycles. The van der Waals surface area contributed by atoms with E-state index in [2.05, 4.69) is 16.2 Å². The zero-order chi connectivity index (χ0) is 14.0. The molecule has 0 unspecified atom stereocenters. The van der Waals surface area contributed by atoms with Crippen LogP contribution in [0.15, 0.2) is 12.7 Å². The molecule has 6 rings (SSSR count). The summed E-state index contributed by atoms with van der Waals surface area (Å²) in [5.41, 5.74) is 0.359. The number of aromatic nitrogens is 3. The van der Waals surface area contributed by atoms with Crippen LogP contribution >= 0.6 is 0 Å². The van der Waals surface area contributed by atoms with Crippen LogP contribution in [0.3, 0.4) is 0 Å². The first kappa shape index (κ1) is 12.4. The third-order valence-electron chi connectivity index (χ3n) is 6.55. The number of allylic oxidation sites excluding steroid dienone is 1. The summed E-state index contributed by atoms with van der Waals surface area (Å²) in [7, 11) is 0. The number of hydrogen-bond donors (Lipinski definition) is 0. The molecule has 0 spiro atoms. The second-order valence-electron chi connectivity index (χ2n) is 8.25. The zero-order valence-corrected chi connectivity index (χ0v) is 12.8. The summed E-state index contributed by atoms with van der Waals surface area (Å²) in [6, 6.07) is 0. The van der Waals surface area contributed by atoms with Gasteiger partial charge in [-0.05, 0) is 69.1 Å². The van der Waals surface area contributed by atoms with E-state index in [0.717, 1.165) is 24.3 Å². The van der Waals surface area contributed by atoms with Gasteiger partial charge >= 0.3 is 0 Å². The van der Waals surface area contributed by atoms with E-state index in [9.17, 15) is 0 Å². The van der Waals surface area contributed by atoms with Gasteiger partial charge in [-0.3, -0.25) is 0 Å². The predicted octanol–water partition coefficient (Wildman–Crippen LogP) is 3.81. The van der Waals surface area contributed by atoms with E-state index in [1.807, 2.05) is 6.08 Å². The Labute approximate surface area is 126 Å². The molecule has 3 nitrogen and oxygen atoms in total. The van der Waals surface area contributed by atoms with Crippen molar-refractivity contribution in [2.75, 3.05) is 0 Å². The Kier molecular flexibility index (Phi) is 2.49. The summed E-state index contributed by atoms with van der Waals surface area (Å²) in [5, 5.41) is 9.37. The average Bonchev–Trinajstić information content (AvgIpc) is 3.19. The molecule has 0 radical (unpaired) electrons. The molecule has 112 valence electrons. The highest BCUT2D eigenvalue weighted by Gasteiger charge is 2.54. The Morgan fingerprint density at radius 1 is 1.05 bits per heavy atom. The Hall–Kier alpha value is -1.12. The van der Waals surface area contributed by atoms with Crippen LogP contribution in [0.25, 0.3) is 0 Å². The first-order chi connectivity index (χ1) is 10.3. The molecule has 0 aliphatic heterocycles. The molecule has 5 aliphatic rings. The Morgan fingerprint density at radius 3 is 2.19 bits per heavy atom. The van der Waals surface area contributed by atoms with E-state index in [-0.39, 0.29) is 0 Å². The summed E-state index contributed by atoms with van der Waals surface area (Å²) in [6.45, 7) is 4.87. The van der Waals surface area contributed by atoms with Crippen LogP contribution < -0.4 is 0 Å². The van der Waals surface area contributed by atoms with E-state index < -0.39 is 0 Å². The fourth-order valence-electron chi connectivity index (χ4n) is 6.04. The van der Waals surface area contributed by atoms with Gasteiger partial charge in [0.1, 0.15) is 11.6 Å². The molecule has 1 heterocycles. The van der Waals surface area contributed by atoms with Gasteiger partial charge < -0.3 is 4.57 Å². The van der Waals surface area contributed by atoms with Gasteiger partial charge in [0.25, 0.3) is 0 Å². The van der Waals surface area contributed by atoms with Gasteiger partial charge in [-0.1, -0.05) is 6.08 Å². The van der Waals surface area contributed by atoms with Crippen molar-refractivity contribution in [1.29, 1.82) is 0 Å². The number of nitrogens with zero attached hydrogens (tertiary/aromatic N) is 3. The highest BCUT2D eigenvalue weighted by atomic mass is 15.3. The molecule has 5 fully saturated rings. The Morgan fingerprint density at radius 2 is 1.67 bits per heavy atom. The molecular formula is C18H25N3. The molecule has 5 aliphatic carbocycles. The molecule has 0 amide bonds. The van der Waals surface area contributed by atoms with Gasteiger partial charge in [0.2, 0.25) is 0 Å². The van der Waals surface area contributed by atoms with Crippen molar-refractivity contribution in [3.63, 3.8) is 0 Å². The molecule has 0 aromatic carbocycles. The lowest BCUT2D eigenvalue weighted by atomic mass is 9.49. The minimum Gasteiger partial charge on any atom is -0.310 e. The van der Waals surface area contributed by atoms with Gasteiger partial charge in [-0.2, -0.15) is 0 Å². The molecule has 1 aromatic heterocycles.